The first kappa shape index (κ1) is 22.0. The van der Waals surface area contributed by atoms with Crippen LogP contribution in [0.5, 0.6) is 0 Å². The maximum atomic E-state index is 13.3. The van der Waals surface area contributed by atoms with Crippen LogP contribution in [0.4, 0.5) is 9.18 Å². The zero-order valence-corrected chi connectivity index (χ0v) is 18.6. The Kier molecular flexibility index (Phi) is 5.75. The molecule has 1 saturated heterocycles. The molecule has 1 N–H and O–H groups in total. The molecular weight excluding hydrogens is 409 g/mol. The molecule has 2 aromatic rings. The summed E-state index contributed by atoms with van der Waals surface area (Å²) in [5, 5.41) is 2.67. The molecule has 0 spiro atoms. The number of benzene rings is 2. The van der Waals surface area contributed by atoms with Crippen LogP contribution in [0.25, 0.3) is 0 Å². The lowest BCUT2D eigenvalue weighted by atomic mass is 9.92. The topological polar surface area (TPSA) is 69.7 Å². The highest BCUT2D eigenvalue weighted by atomic mass is 19.1. The third-order valence-electron chi connectivity index (χ3n) is 6.30. The average molecular weight is 438 g/mol. The summed E-state index contributed by atoms with van der Waals surface area (Å²) in [6.07, 6.45) is 1.84. The number of imide groups is 1. The highest BCUT2D eigenvalue weighted by Crippen LogP contribution is 2.31. The molecule has 2 aromatic carbocycles. The Morgan fingerprint density at radius 1 is 1.12 bits per heavy atom. The van der Waals surface area contributed by atoms with Gasteiger partial charge in [0.15, 0.2) is 0 Å². The standard InChI is InChI=1S/C25H28FN3O3/c1-16(2)18-6-4-17(5-7-18)14-28(21-12-13-21)22(30)15-29-23(31)25(3,27-24(29)32)19-8-10-20(26)11-9-19/h4-11,16,21H,12-15H2,1-3H3,(H,27,32). The second kappa shape index (κ2) is 8.37. The van der Waals surface area contributed by atoms with Gasteiger partial charge in [0.05, 0.1) is 0 Å². The van der Waals surface area contributed by atoms with Crippen molar-refractivity contribution in [3.63, 3.8) is 0 Å². The van der Waals surface area contributed by atoms with E-state index in [9.17, 15) is 18.8 Å². The summed E-state index contributed by atoms with van der Waals surface area (Å²) >= 11 is 0. The molecule has 1 aliphatic carbocycles. The van der Waals surface area contributed by atoms with Crippen molar-refractivity contribution < 1.29 is 18.8 Å². The van der Waals surface area contributed by atoms with Gasteiger partial charge in [0.1, 0.15) is 17.9 Å². The van der Waals surface area contributed by atoms with Crippen LogP contribution in [0.1, 0.15) is 56.2 Å². The van der Waals surface area contributed by atoms with Crippen LogP contribution in [0.2, 0.25) is 0 Å². The van der Waals surface area contributed by atoms with Crippen molar-refractivity contribution in [1.29, 1.82) is 0 Å². The van der Waals surface area contributed by atoms with E-state index in [4.69, 9.17) is 0 Å². The molecule has 0 bridgehead atoms. The molecule has 1 heterocycles. The molecule has 1 saturated carbocycles. The van der Waals surface area contributed by atoms with Gasteiger partial charge in [-0.1, -0.05) is 50.2 Å². The molecule has 1 atom stereocenters. The van der Waals surface area contributed by atoms with E-state index in [0.717, 1.165) is 23.3 Å². The van der Waals surface area contributed by atoms with Gasteiger partial charge in [0.25, 0.3) is 5.91 Å². The van der Waals surface area contributed by atoms with Crippen LogP contribution in [0.3, 0.4) is 0 Å². The van der Waals surface area contributed by atoms with Gasteiger partial charge in [0.2, 0.25) is 5.91 Å². The van der Waals surface area contributed by atoms with E-state index in [-0.39, 0.29) is 18.5 Å². The van der Waals surface area contributed by atoms with Crippen molar-refractivity contribution in [2.45, 2.75) is 57.7 Å². The number of rotatable bonds is 7. The quantitative estimate of drug-likeness (QED) is 0.668. The van der Waals surface area contributed by atoms with Crippen molar-refractivity contribution in [3.05, 3.63) is 71.0 Å². The second-order valence-corrected chi connectivity index (χ2v) is 9.10. The Labute approximate surface area is 187 Å². The van der Waals surface area contributed by atoms with Crippen molar-refractivity contribution in [2.24, 2.45) is 0 Å². The summed E-state index contributed by atoms with van der Waals surface area (Å²) in [4.78, 5) is 41.6. The first-order valence-corrected chi connectivity index (χ1v) is 11.0. The van der Waals surface area contributed by atoms with Crippen LogP contribution in [0, 0.1) is 5.82 Å². The van der Waals surface area contributed by atoms with Crippen LogP contribution in [-0.2, 0) is 21.7 Å². The van der Waals surface area contributed by atoms with E-state index in [1.165, 1.54) is 29.8 Å². The first-order valence-electron chi connectivity index (χ1n) is 11.0. The Hall–Kier alpha value is -3.22. The van der Waals surface area contributed by atoms with Gasteiger partial charge in [-0.2, -0.15) is 0 Å². The van der Waals surface area contributed by atoms with E-state index in [1.807, 2.05) is 12.1 Å². The fourth-order valence-corrected chi connectivity index (χ4v) is 4.06. The highest BCUT2D eigenvalue weighted by Gasteiger charge is 2.50. The average Bonchev–Trinajstić information content (AvgIpc) is 3.57. The van der Waals surface area contributed by atoms with Gasteiger partial charge in [0, 0.05) is 12.6 Å². The molecule has 1 aliphatic heterocycles. The predicted molar refractivity (Wildman–Crippen MR) is 118 cm³/mol. The summed E-state index contributed by atoms with van der Waals surface area (Å²) in [6, 6.07) is 13.1. The summed E-state index contributed by atoms with van der Waals surface area (Å²) in [6.45, 7) is 5.96. The lowest BCUT2D eigenvalue weighted by Crippen LogP contribution is -2.45. The van der Waals surface area contributed by atoms with Crippen molar-refractivity contribution in [1.82, 2.24) is 15.1 Å². The predicted octanol–water partition coefficient (Wildman–Crippen LogP) is 3.91. The molecule has 4 rings (SSSR count). The maximum Gasteiger partial charge on any atom is 0.325 e. The molecule has 2 fully saturated rings. The fourth-order valence-electron chi connectivity index (χ4n) is 4.06. The Morgan fingerprint density at radius 2 is 1.75 bits per heavy atom. The number of carbonyl (C=O) groups is 3. The van der Waals surface area contributed by atoms with E-state index in [2.05, 4.69) is 31.3 Å². The number of urea groups is 1. The molecule has 1 unspecified atom stereocenters. The zero-order valence-electron chi connectivity index (χ0n) is 18.6. The summed E-state index contributed by atoms with van der Waals surface area (Å²) in [5.74, 6) is -0.769. The number of hydrogen-bond donors (Lipinski definition) is 1. The minimum Gasteiger partial charge on any atom is -0.334 e. The van der Waals surface area contributed by atoms with E-state index in [1.54, 1.807) is 11.8 Å². The van der Waals surface area contributed by atoms with E-state index >= 15 is 0 Å². The number of carbonyl (C=O) groups excluding carboxylic acids is 3. The fraction of sp³-hybridized carbons (Fsp3) is 0.400. The summed E-state index contributed by atoms with van der Waals surface area (Å²) < 4.78 is 13.3. The molecule has 32 heavy (non-hydrogen) atoms. The zero-order chi connectivity index (χ0) is 23.0. The SMILES string of the molecule is CC(C)c1ccc(CN(C(=O)CN2C(=O)NC(C)(c3ccc(F)cc3)C2=O)C2CC2)cc1. The Balaban J connectivity index is 1.48. The summed E-state index contributed by atoms with van der Waals surface area (Å²) in [5.41, 5.74) is 1.39. The molecule has 2 aliphatic rings. The smallest absolute Gasteiger partial charge is 0.325 e. The first-order chi connectivity index (χ1) is 15.2. The van der Waals surface area contributed by atoms with Crippen molar-refractivity contribution in [2.75, 3.05) is 6.54 Å². The maximum absolute atomic E-state index is 13.3. The van der Waals surface area contributed by atoms with Gasteiger partial charge in [-0.25, -0.2) is 9.18 Å². The van der Waals surface area contributed by atoms with Gasteiger partial charge in [-0.15, -0.1) is 0 Å². The van der Waals surface area contributed by atoms with Crippen LogP contribution >= 0.6 is 0 Å². The largest absolute Gasteiger partial charge is 0.334 e. The number of amides is 4. The van der Waals surface area contributed by atoms with Crippen molar-refractivity contribution >= 4 is 17.8 Å². The molecule has 0 aromatic heterocycles. The summed E-state index contributed by atoms with van der Waals surface area (Å²) in [7, 11) is 0. The number of nitrogens with zero attached hydrogens (tertiary/aromatic N) is 2. The van der Waals surface area contributed by atoms with Gasteiger partial charge >= 0.3 is 6.03 Å². The normalized spacial score (nSPS) is 20.6. The minimum atomic E-state index is -1.33. The van der Waals surface area contributed by atoms with Crippen molar-refractivity contribution in [3.8, 4) is 0 Å². The van der Waals surface area contributed by atoms with Crippen LogP contribution in [0.15, 0.2) is 48.5 Å². The molecular formula is C25H28FN3O3. The van der Waals surface area contributed by atoms with Crippen LogP contribution in [-0.4, -0.2) is 40.2 Å². The number of hydrogen-bond acceptors (Lipinski definition) is 3. The lowest BCUT2D eigenvalue weighted by Gasteiger charge is -2.26. The minimum absolute atomic E-state index is 0.136. The molecule has 7 heteroatoms. The highest BCUT2D eigenvalue weighted by molar-refractivity contribution is 6.09. The van der Waals surface area contributed by atoms with Gasteiger partial charge in [-0.05, 0) is 54.5 Å². The Morgan fingerprint density at radius 3 is 2.31 bits per heavy atom. The van der Waals surface area contributed by atoms with Gasteiger partial charge < -0.3 is 10.2 Å². The van der Waals surface area contributed by atoms with Gasteiger partial charge in [-0.3, -0.25) is 14.5 Å². The second-order valence-electron chi connectivity index (χ2n) is 9.10. The Bertz CT molecular complexity index is 1030. The molecule has 4 amide bonds. The van der Waals surface area contributed by atoms with Crippen LogP contribution < -0.4 is 5.32 Å². The van der Waals surface area contributed by atoms with E-state index in [0.29, 0.717) is 18.0 Å². The molecule has 168 valence electrons. The third-order valence-corrected chi connectivity index (χ3v) is 6.30. The number of nitrogens with one attached hydrogen (secondary N) is 1. The molecule has 0 radical (unpaired) electrons. The number of halogens is 1. The van der Waals surface area contributed by atoms with E-state index < -0.39 is 23.3 Å². The lowest BCUT2D eigenvalue weighted by molar-refractivity contribution is -0.139. The third kappa shape index (κ3) is 4.24. The molecule has 6 nitrogen and oxygen atoms in total. The monoisotopic (exact) mass is 437 g/mol.